The van der Waals surface area contributed by atoms with Crippen molar-refractivity contribution in [3.05, 3.63) is 0 Å². The lowest BCUT2D eigenvalue weighted by atomic mass is 9.96. The van der Waals surface area contributed by atoms with E-state index in [0.29, 0.717) is 0 Å². The van der Waals surface area contributed by atoms with E-state index in [2.05, 4.69) is 0 Å². The zero-order chi connectivity index (χ0) is 22.3. The highest BCUT2D eigenvalue weighted by atomic mass is 16.7. The second kappa shape index (κ2) is 12.6. The predicted molar refractivity (Wildman–Crippen MR) is 102 cm³/mol. The summed E-state index contributed by atoms with van der Waals surface area (Å²) in [5.41, 5.74) is 0. The van der Waals surface area contributed by atoms with Crippen LogP contribution in [0.5, 0.6) is 0 Å². The maximum Gasteiger partial charge on any atom is 0.187 e. The Labute approximate surface area is 177 Å². The standard InChI is InChI=1S/C19H36O11/c1-21-8-10-12(23-3)14(24-4)17(27-7)19(29-10)30-13-11(9-22-2)28-18(20)16(26-6)15(13)25-5/h10-20H,8-9H2,1-7H3/t10-,11-,12-,13+,14+,15+,16+,17+,18-,19-/m0/s1. The maximum atomic E-state index is 10.3. The summed E-state index contributed by atoms with van der Waals surface area (Å²) in [5, 5.41) is 10.3. The van der Waals surface area contributed by atoms with Gasteiger partial charge in [-0.05, 0) is 0 Å². The van der Waals surface area contributed by atoms with Gasteiger partial charge in [-0.2, -0.15) is 0 Å². The van der Waals surface area contributed by atoms with Gasteiger partial charge in [-0.3, -0.25) is 0 Å². The number of aliphatic hydroxyl groups is 1. The zero-order valence-electron chi connectivity index (χ0n) is 18.7. The Morgan fingerprint density at radius 1 is 0.567 bits per heavy atom. The molecule has 0 spiro atoms. The van der Waals surface area contributed by atoms with Crippen molar-refractivity contribution in [1.82, 2.24) is 0 Å². The fraction of sp³-hybridized carbons (Fsp3) is 1.00. The van der Waals surface area contributed by atoms with Gasteiger partial charge in [0.15, 0.2) is 12.6 Å². The Hall–Kier alpha value is -0.440. The third-order valence-corrected chi connectivity index (χ3v) is 5.51. The Bertz CT molecular complexity index is 481. The summed E-state index contributed by atoms with van der Waals surface area (Å²) < 4.78 is 56.6. The van der Waals surface area contributed by atoms with E-state index < -0.39 is 61.4 Å². The number of aliphatic hydroxyl groups excluding tert-OH is 1. The molecule has 1 N–H and O–H groups in total. The van der Waals surface area contributed by atoms with E-state index in [0.717, 1.165) is 0 Å². The quantitative estimate of drug-likeness (QED) is 0.435. The topological polar surface area (TPSA) is 113 Å². The molecule has 11 heteroatoms. The van der Waals surface area contributed by atoms with Crippen LogP contribution in [0.2, 0.25) is 0 Å². The SMILES string of the molecule is COC[C@@H]1O[C@@H](O[C@H]2[C@@H](OC)[C@@H](OC)[C@@H](O)O[C@H]2COC)[C@H](OC)[C@H](OC)[C@H]1OC. The van der Waals surface area contributed by atoms with Gasteiger partial charge in [0.25, 0.3) is 0 Å². The first-order chi connectivity index (χ1) is 14.5. The molecule has 0 aliphatic carbocycles. The first-order valence-electron chi connectivity index (χ1n) is 9.77. The van der Waals surface area contributed by atoms with Gasteiger partial charge in [-0.25, -0.2) is 0 Å². The third kappa shape index (κ3) is 5.48. The number of rotatable bonds is 11. The van der Waals surface area contributed by atoms with Crippen molar-refractivity contribution in [2.24, 2.45) is 0 Å². The second-order valence-corrected chi connectivity index (χ2v) is 7.12. The van der Waals surface area contributed by atoms with E-state index in [1.165, 1.54) is 21.3 Å². The van der Waals surface area contributed by atoms with Crippen LogP contribution in [0.15, 0.2) is 0 Å². The highest BCUT2D eigenvalue weighted by molar-refractivity contribution is 4.96. The minimum Gasteiger partial charge on any atom is -0.382 e. The summed E-state index contributed by atoms with van der Waals surface area (Å²) in [7, 11) is 10.8. The van der Waals surface area contributed by atoms with E-state index in [1.807, 2.05) is 0 Å². The first-order valence-corrected chi connectivity index (χ1v) is 9.77. The molecule has 0 unspecified atom stereocenters. The Kier molecular flexibility index (Phi) is 10.8. The van der Waals surface area contributed by atoms with E-state index in [-0.39, 0.29) is 13.2 Å². The normalized spacial score (nSPS) is 42.4. The van der Waals surface area contributed by atoms with Crippen LogP contribution in [-0.4, -0.2) is 130 Å². The molecule has 2 heterocycles. The molecule has 30 heavy (non-hydrogen) atoms. The van der Waals surface area contributed by atoms with Crippen molar-refractivity contribution in [3.8, 4) is 0 Å². The molecule has 0 aromatic heterocycles. The second-order valence-electron chi connectivity index (χ2n) is 7.12. The van der Waals surface area contributed by atoms with Crippen molar-refractivity contribution in [3.63, 3.8) is 0 Å². The molecular formula is C19H36O11. The van der Waals surface area contributed by atoms with E-state index in [4.69, 9.17) is 47.4 Å². The van der Waals surface area contributed by atoms with Crippen LogP contribution in [0, 0.1) is 0 Å². The number of ether oxygens (including phenoxy) is 10. The maximum absolute atomic E-state index is 10.3. The van der Waals surface area contributed by atoms with E-state index in [9.17, 15) is 5.11 Å². The summed E-state index contributed by atoms with van der Waals surface area (Å²) in [5.74, 6) is 0. The molecule has 2 aliphatic rings. The number of methoxy groups -OCH3 is 7. The monoisotopic (exact) mass is 440 g/mol. The molecule has 10 atom stereocenters. The van der Waals surface area contributed by atoms with Crippen LogP contribution in [0.1, 0.15) is 0 Å². The van der Waals surface area contributed by atoms with E-state index in [1.54, 1.807) is 28.4 Å². The highest BCUT2D eigenvalue weighted by Gasteiger charge is 2.52. The van der Waals surface area contributed by atoms with E-state index >= 15 is 0 Å². The predicted octanol–water partition coefficient (Wildman–Crippen LogP) is -0.818. The molecule has 0 bridgehead atoms. The summed E-state index contributed by atoms with van der Waals surface area (Å²) in [6, 6.07) is 0. The molecular weight excluding hydrogens is 404 g/mol. The van der Waals surface area contributed by atoms with Gasteiger partial charge in [-0.1, -0.05) is 0 Å². The van der Waals surface area contributed by atoms with Crippen LogP contribution in [0.25, 0.3) is 0 Å². The summed E-state index contributed by atoms with van der Waals surface area (Å²) in [6.45, 7) is 0.433. The van der Waals surface area contributed by atoms with Gasteiger partial charge in [-0.15, -0.1) is 0 Å². The highest BCUT2D eigenvalue weighted by Crippen LogP contribution is 2.33. The summed E-state index contributed by atoms with van der Waals surface area (Å²) >= 11 is 0. The number of hydrogen-bond acceptors (Lipinski definition) is 11. The van der Waals surface area contributed by atoms with Gasteiger partial charge in [0, 0.05) is 49.8 Å². The summed E-state index contributed by atoms with van der Waals surface area (Å²) in [6.07, 6.45) is -6.77. The minimum absolute atomic E-state index is 0.165. The van der Waals surface area contributed by atoms with Crippen molar-refractivity contribution in [2.45, 2.75) is 61.4 Å². The van der Waals surface area contributed by atoms with Crippen molar-refractivity contribution in [1.29, 1.82) is 0 Å². The van der Waals surface area contributed by atoms with Crippen LogP contribution in [-0.2, 0) is 47.4 Å². The molecule has 0 aromatic rings. The Morgan fingerprint density at radius 2 is 1.03 bits per heavy atom. The number of hydrogen-bond donors (Lipinski definition) is 1. The smallest absolute Gasteiger partial charge is 0.187 e. The van der Waals surface area contributed by atoms with Crippen molar-refractivity contribution < 1.29 is 52.5 Å². The van der Waals surface area contributed by atoms with Gasteiger partial charge in [0.2, 0.25) is 0 Å². The molecule has 2 aliphatic heterocycles. The lowest BCUT2D eigenvalue weighted by Gasteiger charge is -2.48. The van der Waals surface area contributed by atoms with Crippen molar-refractivity contribution >= 4 is 0 Å². The molecule has 2 rings (SSSR count). The van der Waals surface area contributed by atoms with Gasteiger partial charge in [0.1, 0.15) is 48.8 Å². The largest absolute Gasteiger partial charge is 0.382 e. The molecule has 0 radical (unpaired) electrons. The molecule has 0 aromatic carbocycles. The third-order valence-electron chi connectivity index (χ3n) is 5.51. The average molecular weight is 440 g/mol. The van der Waals surface area contributed by atoms with Gasteiger partial charge >= 0.3 is 0 Å². The molecule has 0 amide bonds. The van der Waals surface area contributed by atoms with Crippen LogP contribution >= 0.6 is 0 Å². The minimum atomic E-state index is -1.20. The van der Waals surface area contributed by atoms with Crippen LogP contribution in [0.4, 0.5) is 0 Å². The molecule has 11 nitrogen and oxygen atoms in total. The van der Waals surface area contributed by atoms with Crippen LogP contribution < -0.4 is 0 Å². The molecule has 0 saturated carbocycles. The average Bonchev–Trinajstić information content (AvgIpc) is 2.74. The molecule has 178 valence electrons. The fourth-order valence-corrected chi connectivity index (χ4v) is 4.12. The molecule has 2 fully saturated rings. The Balaban J connectivity index is 2.31. The van der Waals surface area contributed by atoms with Crippen LogP contribution in [0.3, 0.4) is 0 Å². The zero-order valence-corrected chi connectivity index (χ0v) is 18.7. The van der Waals surface area contributed by atoms with Gasteiger partial charge < -0.3 is 52.5 Å². The molecule has 2 saturated heterocycles. The van der Waals surface area contributed by atoms with Gasteiger partial charge in [0.05, 0.1) is 13.2 Å². The lowest BCUT2D eigenvalue weighted by molar-refractivity contribution is -0.363. The first kappa shape index (κ1) is 25.8. The fourth-order valence-electron chi connectivity index (χ4n) is 4.12. The lowest BCUT2D eigenvalue weighted by Crippen LogP contribution is -2.65. The Morgan fingerprint density at radius 3 is 1.50 bits per heavy atom. The van der Waals surface area contributed by atoms with Crippen molar-refractivity contribution in [2.75, 3.05) is 63.0 Å². The summed E-state index contributed by atoms with van der Waals surface area (Å²) in [4.78, 5) is 0.